The Morgan fingerprint density at radius 1 is 1.03 bits per heavy atom. The number of hydrogen-bond acceptors (Lipinski definition) is 4. The highest BCUT2D eigenvalue weighted by atomic mass is 32.2. The molecule has 1 atom stereocenters. The Morgan fingerprint density at radius 3 is 2.52 bits per heavy atom. The van der Waals surface area contributed by atoms with Gasteiger partial charge in [-0.15, -0.1) is 0 Å². The summed E-state index contributed by atoms with van der Waals surface area (Å²) in [5.41, 5.74) is 2.96. The molecule has 0 aliphatic heterocycles. The Labute approximate surface area is 172 Å². The highest BCUT2D eigenvalue weighted by molar-refractivity contribution is 7.99. The van der Waals surface area contributed by atoms with Crippen molar-refractivity contribution in [3.63, 3.8) is 0 Å². The molecule has 0 radical (unpaired) electrons. The van der Waals surface area contributed by atoms with E-state index in [1.807, 2.05) is 67.6 Å². The number of carbonyl (C=O) groups excluding carboxylic acids is 1. The number of nitriles is 1. The molecule has 1 heterocycles. The molecule has 0 aliphatic rings. The Hall–Kier alpha value is -3.56. The molecular formula is C23H18N4OS. The average molecular weight is 398 g/mol. The third-order valence-corrected chi connectivity index (χ3v) is 5.68. The lowest BCUT2D eigenvalue weighted by Crippen LogP contribution is -2.27. The molecule has 1 unspecified atom stereocenters. The summed E-state index contributed by atoms with van der Waals surface area (Å²) in [4.78, 5) is 22.4. The number of fused-ring (bicyclic) bond motifs is 1. The fraction of sp³-hybridized carbons (Fsp3) is 0.0870. The van der Waals surface area contributed by atoms with Crippen molar-refractivity contribution in [3.05, 3.63) is 89.7 Å². The average Bonchev–Trinajstić information content (AvgIpc) is 3.19. The Kier molecular flexibility index (Phi) is 5.32. The van der Waals surface area contributed by atoms with Crippen LogP contribution in [0.1, 0.15) is 34.7 Å². The molecule has 3 aromatic carbocycles. The standard InChI is InChI=1S/C23H18N4OS/c1-15(22-26-18-10-4-5-11-19(18)27-22)25-23(28)17-9-3-7-13-21(17)29-20-12-6-2-8-16(20)14-24/h2-13,15H,1H3,(H,25,28)(H,26,27). The maximum atomic E-state index is 13.0. The molecule has 1 amide bonds. The third kappa shape index (κ3) is 4.00. The van der Waals surface area contributed by atoms with Gasteiger partial charge in [0.25, 0.3) is 5.91 Å². The Balaban J connectivity index is 1.57. The zero-order valence-electron chi connectivity index (χ0n) is 15.7. The molecule has 1 aromatic heterocycles. The SMILES string of the molecule is CC(NC(=O)c1ccccc1Sc1ccccc1C#N)c1nc2ccccc2[nH]1. The number of H-pyrrole nitrogens is 1. The van der Waals surface area contributed by atoms with Crippen LogP contribution in [0.15, 0.2) is 82.6 Å². The molecule has 2 N–H and O–H groups in total. The Morgan fingerprint density at radius 2 is 1.72 bits per heavy atom. The topological polar surface area (TPSA) is 81.6 Å². The van der Waals surface area contributed by atoms with Crippen molar-refractivity contribution in [1.29, 1.82) is 5.26 Å². The van der Waals surface area contributed by atoms with Crippen molar-refractivity contribution in [3.8, 4) is 6.07 Å². The monoisotopic (exact) mass is 398 g/mol. The second-order valence-corrected chi connectivity index (χ2v) is 7.62. The van der Waals surface area contributed by atoms with Gasteiger partial charge in [-0.25, -0.2) is 4.98 Å². The minimum absolute atomic E-state index is 0.185. The van der Waals surface area contributed by atoms with E-state index in [1.165, 1.54) is 11.8 Å². The fourth-order valence-electron chi connectivity index (χ4n) is 3.03. The molecule has 0 fully saturated rings. The number of aromatic amines is 1. The van der Waals surface area contributed by atoms with Gasteiger partial charge in [-0.05, 0) is 43.3 Å². The van der Waals surface area contributed by atoms with Gasteiger partial charge in [-0.3, -0.25) is 4.79 Å². The summed E-state index contributed by atoms with van der Waals surface area (Å²) in [6, 6.07) is 24.5. The number of carbonyl (C=O) groups is 1. The summed E-state index contributed by atoms with van der Waals surface area (Å²) >= 11 is 1.41. The molecule has 6 heteroatoms. The first-order valence-corrected chi connectivity index (χ1v) is 9.99. The molecule has 4 rings (SSSR count). The van der Waals surface area contributed by atoms with E-state index >= 15 is 0 Å². The fourth-order valence-corrected chi connectivity index (χ4v) is 4.05. The summed E-state index contributed by atoms with van der Waals surface area (Å²) in [5, 5.41) is 12.3. The highest BCUT2D eigenvalue weighted by Crippen LogP contribution is 2.32. The van der Waals surface area contributed by atoms with Crippen LogP contribution in [0.25, 0.3) is 11.0 Å². The van der Waals surface area contributed by atoms with E-state index < -0.39 is 0 Å². The molecule has 0 bridgehead atoms. The van der Waals surface area contributed by atoms with Crippen molar-refractivity contribution in [2.75, 3.05) is 0 Å². The molecule has 0 saturated heterocycles. The summed E-state index contributed by atoms with van der Waals surface area (Å²) in [6.45, 7) is 1.90. The molecular weight excluding hydrogens is 380 g/mol. The van der Waals surface area contributed by atoms with Crippen LogP contribution in [0.2, 0.25) is 0 Å². The maximum Gasteiger partial charge on any atom is 0.253 e. The number of benzene rings is 3. The first-order chi connectivity index (χ1) is 14.2. The molecule has 5 nitrogen and oxygen atoms in total. The van der Waals surface area contributed by atoms with E-state index in [2.05, 4.69) is 21.4 Å². The lowest BCUT2D eigenvalue weighted by atomic mass is 10.2. The number of imidazole rings is 1. The van der Waals surface area contributed by atoms with E-state index in [-0.39, 0.29) is 11.9 Å². The predicted octanol–water partition coefficient (Wildman–Crippen LogP) is 5.08. The van der Waals surface area contributed by atoms with E-state index in [0.717, 1.165) is 20.8 Å². The van der Waals surface area contributed by atoms with Crippen LogP contribution in [-0.2, 0) is 0 Å². The molecule has 0 aliphatic carbocycles. The van der Waals surface area contributed by atoms with Crippen molar-refractivity contribution in [1.82, 2.24) is 15.3 Å². The number of amides is 1. The highest BCUT2D eigenvalue weighted by Gasteiger charge is 2.18. The van der Waals surface area contributed by atoms with Crippen molar-refractivity contribution in [2.45, 2.75) is 22.8 Å². The minimum atomic E-state index is -0.278. The zero-order chi connectivity index (χ0) is 20.2. The van der Waals surface area contributed by atoms with Gasteiger partial charge < -0.3 is 10.3 Å². The van der Waals surface area contributed by atoms with Crippen LogP contribution in [0.4, 0.5) is 0 Å². The summed E-state index contributed by atoms with van der Waals surface area (Å²) < 4.78 is 0. The first kappa shape index (κ1) is 18.8. The number of aromatic nitrogens is 2. The predicted molar refractivity (Wildman–Crippen MR) is 114 cm³/mol. The number of nitrogens with zero attached hydrogens (tertiary/aromatic N) is 2. The van der Waals surface area contributed by atoms with Gasteiger partial charge in [0.15, 0.2) is 0 Å². The molecule has 29 heavy (non-hydrogen) atoms. The van der Waals surface area contributed by atoms with E-state index in [1.54, 1.807) is 12.1 Å². The quantitative estimate of drug-likeness (QED) is 0.491. The molecule has 0 saturated carbocycles. The van der Waals surface area contributed by atoms with Gasteiger partial charge in [0.2, 0.25) is 0 Å². The smallest absolute Gasteiger partial charge is 0.253 e. The van der Waals surface area contributed by atoms with Crippen LogP contribution in [0, 0.1) is 11.3 Å². The number of nitrogens with one attached hydrogen (secondary N) is 2. The van der Waals surface area contributed by atoms with E-state index in [4.69, 9.17) is 0 Å². The number of para-hydroxylation sites is 2. The second kappa shape index (κ2) is 8.21. The van der Waals surface area contributed by atoms with E-state index in [9.17, 15) is 10.1 Å². The van der Waals surface area contributed by atoms with Gasteiger partial charge in [-0.2, -0.15) is 5.26 Å². The van der Waals surface area contributed by atoms with Crippen molar-refractivity contribution < 1.29 is 4.79 Å². The lowest BCUT2D eigenvalue weighted by Gasteiger charge is -2.14. The molecule has 4 aromatic rings. The molecule has 142 valence electrons. The van der Waals surface area contributed by atoms with Gasteiger partial charge >= 0.3 is 0 Å². The summed E-state index contributed by atoms with van der Waals surface area (Å²) in [7, 11) is 0. The van der Waals surface area contributed by atoms with Crippen LogP contribution < -0.4 is 5.32 Å². The van der Waals surface area contributed by atoms with Crippen LogP contribution in [-0.4, -0.2) is 15.9 Å². The third-order valence-electron chi connectivity index (χ3n) is 4.52. The normalized spacial score (nSPS) is 11.7. The van der Waals surface area contributed by atoms with E-state index in [0.29, 0.717) is 17.0 Å². The number of hydrogen-bond donors (Lipinski definition) is 2. The maximum absolute atomic E-state index is 13.0. The van der Waals surface area contributed by atoms with Gasteiger partial charge in [0.05, 0.1) is 28.2 Å². The van der Waals surface area contributed by atoms with Crippen molar-refractivity contribution in [2.24, 2.45) is 0 Å². The number of rotatable bonds is 5. The lowest BCUT2D eigenvalue weighted by molar-refractivity contribution is 0.0935. The Bertz CT molecular complexity index is 1190. The zero-order valence-corrected chi connectivity index (χ0v) is 16.5. The molecule has 0 spiro atoms. The van der Waals surface area contributed by atoms with Crippen LogP contribution in [0.5, 0.6) is 0 Å². The van der Waals surface area contributed by atoms with Gasteiger partial charge in [0.1, 0.15) is 11.9 Å². The largest absolute Gasteiger partial charge is 0.342 e. The van der Waals surface area contributed by atoms with Gasteiger partial charge in [-0.1, -0.05) is 48.2 Å². The first-order valence-electron chi connectivity index (χ1n) is 9.17. The van der Waals surface area contributed by atoms with Crippen molar-refractivity contribution >= 4 is 28.7 Å². The van der Waals surface area contributed by atoms with Gasteiger partial charge in [0, 0.05) is 9.79 Å². The second-order valence-electron chi connectivity index (χ2n) is 6.54. The van der Waals surface area contributed by atoms with Crippen LogP contribution in [0.3, 0.4) is 0 Å². The minimum Gasteiger partial charge on any atom is -0.342 e. The van der Waals surface area contributed by atoms with Crippen LogP contribution >= 0.6 is 11.8 Å². The summed E-state index contributed by atoms with van der Waals surface area (Å²) in [5.74, 6) is 0.523. The summed E-state index contributed by atoms with van der Waals surface area (Å²) in [6.07, 6.45) is 0.